The van der Waals surface area contributed by atoms with Gasteiger partial charge in [-0.15, -0.1) is 0 Å². The van der Waals surface area contributed by atoms with Gasteiger partial charge in [-0.2, -0.15) is 0 Å². The highest BCUT2D eigenvalue weighted by Gasteiger charge is 2.12. The van der Waals surface area contributed by atoms with Gasteiger partial charge in [-0.3, -0.25) is 14.4 Å². The van der Waals surface area contributed by atoms with E-state index in [2.05, 4.69) is 10.6 Å². The van der Waals surface area contributed by atoms with Crippen LogP contribution in [0.2, 0.25) is 0 Å². The van der Waals surface area contributed by atoms with Crippen molar-refractivity contribution in [1.29, 1.82) is 0 Å². The Morgan fingerprint density at radius 1 is 1.04 bits per heavy atom. The molecule has 142 valence electrons. The predicted molar refractivity (Wildman–Crippen MR) is 95.9 cm³/mol. The molecule has 0 aliphatic rings. The van der Waals surface area contributed by atoms with Crippen molar-refractivity contribution in [3.8, 4) is 0 Å². The summed E-state index contributed by atoms with van der Waals surface area (Å²) in [5, 5.41) is 5.16. The van der Waals surface area contributed by atoms with Gasteiger partial charge in [-0.25, -0.2) is 8.78 Å². The molecule has 0 aliphatic heterocycles. The highest BCUT2D eigenvalue weighted by molar-refractivity contribution is 5.94. The fraction of sp³-hybridized carbons (Fsp3) is 0.211. The molecule has 2 rings (SSSR count). The first-order valence-corrected chi connectivity index (χ1v) is 8.26. The maximum absolute atomic E-state index is 13.5. The van der Waals surface area contributed by atoms with Gasteiger partial charge >= 0.3 is 0 Å². The summed E-state index contributed by atoms with van der Waals surface area (Å²) in [5.41, 5.74) is 6.02. The highest BCUT2D eigenvalue weighted by Crippen LogP contribution is 2.16. The van der Waals surface area contributed by atoms with Crippen LogP contribution in [0.3, 0.4) is 0 Å². The summed E-state index contributed by atoms with van der Waals surface area (Å²) in [6.45, 7) is 0.145. The lowest BCUT2D eigenvalue weighted by Gasteiger charge is -2.10. The molecule has 0 atom stereocenters. The molecule has 0 heterocycles. The van der Waals surface area contributed by atoms with E-state index < -0.39 is 23.4 Å². The second kappa shape index (κ2) is 9.42. The van der Waals surface area contributed by atoms with Crippen LogP contribution < -0.4 is 16.4 Å². The lowest BCUT2D eigenvalue weighted by atomic mass is 10.1. The van der Waals surface area contributed by atoms with Gasteiger partial charge in [0.05, 0.1) is 12.0 Å². The number of para-hydroxylation sites is 1. The maximum atomic E-state index is 13.5. The topological polar surface area (TPSA) is 101 Å². The minimum atomic E-state index is -0.948. The Hall–Kier alpha value is -3.29. The first-order chi connectivity index (χ1) is 12.9. The SMILES string of the molecule is NC(=O)Cc1ccccc1NC(=O)CCCNC(=O)c1ccc(F)cc1F. The van der Waals surface area contributed by atoms with Crippen LogP contribution >= 0.6 is 0 Å². The maximum Gasteiger partial charge on any atom is 0.254 e. The van der Waals surface area contributed by atoms with E-state index in [9.17, 15) is 23.2 Å². The number of carbonyl (C=O) groups excluding carboxylic acids is 3. The first-order valence-electron chi connectivity index (χ1n) is 8.26. The Morgan fingerprint density at radius 3 is 2.48 bits per heavy atom. The number of amides is 3. The molecule has 0 fully saturated rings. The third-order valence-corrected chi connectivity index (χ3v) is 3.70. The summed E-state index contributed by atoms with van der Waals surface area (Å²) in [6, 6.07) is 9.49. The molecule has 2 aromatic carbocycles. The fourth-order valence-corrected chi connectivity index (χ4v) is 2.42. The van der Waals surface area contributed by atoms with Crippen LogP contribution in [0.15, 0.2) is 42.5 Å². The van der Waals surface area contributed by atoms with Crippen LogP contribution in [0.25, 0.3) is 0 Å². The zero-order valence-electron chi connectivity index (χ0n) is 14.4. The normalized spacial score (nSPS) is 10.3. The van der Waals surface area contributed by atoms with Crippen LogP contribution in [-0.2, 0) is 16.0 Å². The zero-order valence-corrected chi connectivity index (χ0v) is 14.4. The van der Waals surface area contributed by atoms with Crippen LogP contribution in [0.4, 0.5) is 14.5 Å². The average molecular weight is 375 g/mol. The van der Waals surface area contributed by atoms with E-state index in [0.717, 1.165) is 12.1 Å². The number of primary amides is 1. The lowest BCUT2D eigenvalue weighted by molar-refractivity contribution is -0.118. The van der Waals surface area contributed by atoms with E-state index in [1.165, 1.54) is 0 Å². The summed E-state index contributed by atoms with van der Waals surface area (Å²) < 4.78 is 26.4. The largest absolute Gasteiger partial charge is 0.369 e. The number of halogens is 2. The van der Waals surface area contributed by atoms with Gasteiger partial charge in [0.25, 0.3) is 5.91 Å². The number of hydrogen-bond donors (Lipinski definition) is 3. The minimum absolute atomic E-state index is 0.00967. The smallest absolute Gasteiger partial charge is 0.254 e. The molecule has 4 N–H and O–H groups in total. The molecule has 27 heavy (non-hydrogen) atoms. The zero-order chi connectivity index (χ0) is 19.8. The number of anilines is 1. The first kappa shape index (κ1) is 20.0. The van der Waals surface area contributed by atoms with Crippen molar-refractivity contribution < 1.29 is 23.2 Å². The molecule has 0 aliphatic carbocycles. The Balaban J connectivity index is 1.80. The molecular formula is C19H19F2N3O3. The number of carbonyl (C=O) groups is 3. The molecule has 0 unspecified atom stereocenters. The van der Waals surface area contributed by atoms with Crippen LogP contribution in [0.1, 0.15) is 28.8 Å². The monoisotopic (exact) mass is 375 g/mol. The Labute approximate surface area is 154 Å². The van der Waals surface area contributed by atoms with Gasteiger partial charge in [-0.05, 0) is 30.2 Å². The van der Waals surface area contributed by atoms with Gasteiger partial charge in [0.15, 0.2) is 0 Å². The molecule has 0 aromatic heterocycles. The van der Waals surface area contributed by atoms with E-state index >= 15 is 0 Å². The summed E-state index contributed by atoms with van der Waals surface area (Å²) in [4.78, 5) is 34.9. The third-order valence-electron chi connectivity index (χ3n) is 3.70. The number of nitrogens with one attached hydrogen (secondary N) is 2. The quantitative estimate of drug-likeness (QED) is 0.616. The van der Waals surface area contributed by atoms with Crippen molar-refractivity contribution in [2.45, 2.75) is 19.3 Å². The molecular weight excluding hydrogens is 356 g/mol. The van der Waals surface area contributed by atoms with Crippen molar-refractivity contribution >= 4 is 23.4 Å². The summed E-state index contributed by atoms with van der Waals surface area (Å²) in [7, 11) is 0. The van der Waals surface area contributed by atoms with E-state index in [4.69, 9.17) is 5.73 Å². The third kappa shape index (κ3) is 6.18. The Kier molecular flexibility index (Phi) is 6.99. The molecule has 0 spiro atoms. The number of rotatable bonds is 8. The molecule has 6 nitrogen and oxygen atoms in total. The van der Waals surface area contributed by atoms with E-state index in [-0.39, 0.29) is 30.9 Å². The molecule has 3 amide bonds. The van der Waals surface area contributed by atoms with E-state index in [1.54, 1.807) is 24.3 Å². The minimum Gasteiger partial charge on any atom is -0.369 e. The number of benzene rings is 2. The Morgan fingerprint density at radius 2 is 1.78 bits per heavy atom. The average Bonchev–Trinajstić information content (AvgIpc) is 2.60. The van der Waals surface area contributed by atoms with Gasteiger partial charge in [0.2, 0.25) is 11.8 Å². The van der Waals surface area contributed by atoms with Crippen molar-refractivity contribution in [3.05, 3.63) is 65.2 Å². The van der Waals surface area contributed by atoms with Crippen molar-refractivity contribution in [2.24, 2.45) is 5.73 Å². The highest BCUT2D eigenvalue weighted by atomic mass is 19.1. The summed E-state index contributed by atoms with van der Waals surface area (Å²) in [6.07, 6.45) is 0.436. The van der Waals surface area contributed by atoms with Crippen LogP contribution in [0, 0.1) is 11.6 Å². The van der Waals surface area contributed by atoms with Gasteiger partial charge < -0.3 is 16.4 Å². The van der Waals surface area contributed by atoms with Crippen LogP contribution in [-0.4, -0.2) is 24.3 Å². The van der Waals surface area contributed by atoms with Gasteiger partial charge in [0.1, 0.15) is 11.6 Å². The van der Waals surface area contributed by atoms with E-state index in [0.29, 0.717) is 23.7 Å². The van der Waals surface area contributed by atoms with E-state index in [1.807, 2.05) is 0 Å². The fourth-order valence-electron chi connectivity index (χ4n) is 2.42. The van der Waals surface area contributed by atoms with Crippen molar-refractivity contribution in [2.75, 3.05) is 11.9 Å². The predicted octanol–water partition coefficient (Wildman–Crippen LogP) is 2.14. The summed E-state index contributed by atoms with van der Waals surface area (Å²) in [5.74, 6) is -3.20. The number of nitrogens with two attached hydrogens (primary N) is 1. The van der Waals surface area contributed by atoms with Crippen molar-refractivity contribution in [3.63, 3.8) is 0 Å². The van der Waals surface area contributed by atoms with Crippen LogP contribution in [0.5, 0.6) is 0 Å². The molecule has 2 aromatic rings. The number of hydrogen-bond acceptors (Lipinski definition) is 3. The molecule has 0 saturated heterocycles. The molecule has 8 heteroatoms. The lowest BCUT2D eigenvalue weighted by Crippen LogP contribution is -2.26. The molecule has 0 bridgehead atoms. The Bertz CT molecular complexity index is 856. The standard InChI is InChI=1S/C19H19F2N3O3/c20-13-7-8-14(15(21)11-13)19(27)23-9-3-6-18(26)24-16-5-2-1-4-12(16)10-17(22)25/h1-2,4-5,7-8,11H,3,6,9-10H2,(H2,22,25)(H,23,27)(H,24,26). The van der Waals surface area contributed by atoms with Gasteiger partial charge in [0, 0.05) is 24.7 Å². The molecule has 0 saturated carbocycles. The van der Waals surface area contributed by atoms with Crippen molar-refractivity contribution in [1.82, 2.24) is 5.32 Å². The molecule has 0 radical (unpaired) electrons. The van der Waals surface area contributed by atoms with Gasteiger partial charge in [-0.1, -0.05) is 18.2 Å². The second-order valence-electron chi connectivity index (χ2n) is 5.83. The summed E-state index contributed by atoms with van der Waals surface area (Å²) >= 11 is 0. The second-order valence-corrected chi connectivity index (χ2v) is 5.83.